The van der Waals surface area contributed by atoms with Crippen LogP contribution in [0.3, 0.4) is 0 Å². The molecule has 0 atom stereocenters. The van der Waals surface area contributed by atoms with Gasteiger partial charge < -0.3 is 5.32 Å². The van der Waals surface area contributed by atoms with E-state index in [1.54, 1.807) is 0 Å². The fraction of sp³-hybridized carbons (Fsp3) is 0.417. The molecule has 1 N–H and O–H groups in total. The second-order valence-electron chi connectivity index (χ2n) is 3.85. The first kappa shape index (κ1) is 10.2. The molecule has 0 saturated carbocycles. The van der Waals surface area contributed by atoms with Gasteiger partial charge in [-0.15, -0.1) is 0 Å². The predicted octanol–water partition coefficient (Wildman–Crippen LogP) is 1.93. The first-order valence-corrected chi connectivity index (χ1v) is 5.29. The Labute approximate surface area is 89.1 Å². The molecule has 1 aliphatic heterocycles. The van der Waals surface area contributed by atoms with Crippen molar-refractivity contribution in [3.63, 3.8) is 0 Å². The van der Waals surface area contributed by atoms with Gasteiger partial charge in [0.05, 0.1) is 6.61 Å². The highest BCUT2D eigenvalue weighted by Crippen LogP contribution is 2.23. The maximum Gasteiger partial charge on any atom is 0.224 e. The largest absolute Gasteiger partial charge is 0.326 e. The molecule has 3 nitrogen and oxygen atoms in total. The molecular formula is C12H14NO2. The zero-order chi connectivity index (χ0) is 10.7. The number of anilines is 1. The summed E-state index contributed by atoms with van der Waals surface area (Å²) in [5, 5.41) is 13.2. The van der Waals surface area contributed by atoms with Crippen LogP contribution >= 0.6 is 0 Å². The molecule has 1 aromatic carbocycles. The number of aryl methyl sites for hydroxylation is 2. The number of fused-ring (bicyclic) bond motifs is 1. The lowest BCUT2D eigenvalue weighted by atomic mass is 9.99. The average molecular weight is 204 g/mol. The van der Waals surface area contributed by atoms with Gasteiger partial charge in [0.25, 0.3) is 0 Å². The molecule has 1 radical (unpaired) electrons. The molecule has 0 fully saturated rings. The molecule has 1 heterocycles. The molecule has 0 aromatic heterocycles. The zero-order valence-corrected chi connectivity index (χ0v) is 8.58. The standard InChI is InChI=1S/C12H14NO2/c14-7-1-2-9-3-5-11-10(8-9)4-6-12(15)13-11/h3,5,8H,1-2,4,6-7H2,(H,13,15). The van der Waals surface area contributed by atoms with Crippen LogP contribution in [0.2, 0.25) is 0 Å². The Balaban J connectivity index is 2.15. The van der Waals surface area contributed by atoms with E-state index in [0.717, 1.165) is 18.5 Å². The van der Waals surface area contributed by atoms with Gasteiger partial charge in [-0.2, -0.15) is 0 Å². The van der Waals surface area contributed by atoms with E-state index in [1.807, 2.05) is 12.1 Å². The second kappa shape index (κ2) is 4.45. The molecule has 1 aromatic rings. The fourth-order valence-electron chi connectivity index (χ4n) is 1.87. The normalized spacial score (nSPS) is 14.6. The van der Waals surface area contributed by atoms with E-state index in [9.17, 15) is 9.90 Å². The summed E-state index contributed by atoms with van der Waals surface area (Å²) in [4.78, 5) is 11.1. The van der Waals surface area contributed by atoms with Crippen LogP contribution in [0.15, 0.2) is 18.2 Å². The number of hydrogen-bond acceptors (Lipinski definition) is 1. The van der Waals surface area contributed by atoms with E-state index in [2.05, 4.69) is 11.4 Å². The first-order chi connectivity index (χ1) is 7.29. The van der Waals surface area contributed by atoms with E-state index < -0.39 is 0 Å². The van der Waals surface area contributed by atoms with Crippen molar-refractivity contribution in [1.29, 1.82) is 0 Å². The summed E-state index contributed by atoms with van der Waals surface area (Å²) in [5.74, 6) is 0.0924. The lowest BCUT2D eigenvalue weighted by Crippen LogP contribution is -2.18. The van der Waals surface area contributed by atoms with Crippen LogP contribution in [0.1, 0.15) is 24.0 Å². The third-order valence-corrected chi connectivity index (χ3v) is 2.67. The molecule has 15 heavy (non-hydrogen) atoms. The summed E-state index contributed by atoms with van der Waals surface area (Å²) < 4.78 is 0. The van der Waals surface area contributed by atoms with Crippen LogP contribution in [0.5, 0.6) is 0 Å². The van der Waals surface area contributed by atoms with Crippen LogP contribution < -0.4 is 5.32 Å². The SMILES string of the molecule is [O]CCCc1ccc2c(c1)CCC(=O)N2. The van der Waals surface area contributed by atoms with Gasteiger partial charge in [0, 0.05) is 12.1 Å². The summed E-state index contributed by atoms with van der Waals surface area (Å²) in [7, 11) is 0. The molecule has 1 aliphatic rings. The number of hydrogen-bond donors (Lipinski definition) is 1. The quantitative estimate of drug-likeness (QED) is 0.803. The Morgan fingerprint density at radius 2 is 2.13 bits per heavy atom. The lowest BCUT2D eigenvalue weighted by Gasteiger charge is -2.17. The monoisotopic (exact) mass is 204 g/mol. The van der Waals surface area contributed by atoms with E-state index in [0.29, 0.717) is 12.8 Å². The Morgan fingerprint density at radius 3 is 2.93 bits per heavy atom. The summed E-state index contributed by atoms with van der Waals surface area (Å²) in [6, 6.07) is 6.02. The van der Waals surface area contributed by atoms with Gasteiger partial charge in [-0.3, -0.25) is 4.79 Å². The topological polar surface area (TPSA) is 49.0 Å². The minimum atomic E-state index is -0.0200. The van der Waals surface area contributed by atoms with Crippen LogP contribution in [0.25, 0.3) is 0 Å². The van der Waals surface area contributed by atoms with Crippen molar-refractivity contribution in [2.75, 3.05) is 11.9 Å². The van der Waals surface area contributed by atoms with Gasteiger partial charge in [0.2, 0.25) is 5.91 Å². The van der Waals surface area contributed by atoms with Crippen molar-refractivity contribution in [3.05, 3.63) is 29.3 Å². The van der Waals surface area contributed by atoms with Crippen molar-refractivity contribution in [1.82, 2.24) is 0 Å². The number of amides is 1. The van der Waals surface area contributed by atoms with Crippen LogP contribution in [0.4, 0.5) is 5.69 Å². The van der Waals surface area contributed by atoms with Crippen molar-refractivity contribution in [2.24, 2.45) is 0 Å². The van der Waals surface area contributed by atoms with Crippen LogP contribution in [-0.2, 0) is 22.7 Å². The van der Waals surface area contributed by atoms with E-state index in [1.165, 1.54) is 11.1 Å². The molecule has 2 rings (SSSR count). The highest BCUT2D eigenvalue weighted by molar-refractivity contribution is 5.93. The summed E-state index contributed by atoms with van der Waals surface area (Å²) >= 11 is 0. The third-order valence-electron chi connectivity index (χ3n) is 2.67. The van der Waals surface area contributed by atoms with E-state index >= 15 is 0 Å². The van der Waals surface area contributed by atoms with Crippen molar-refractivity contribution in [3.8, 4) is 0 Å². The fourth-order valence-corrected chi connectivity index (χ4v) is 1.87. The Kier molecular flexibility index (Phi) is 3.02. The van der Waals surface area contributed by atoms with Gasteiger partial charge in [0.1, 0.15) is 0 Å². The van der Waals surface area contributed by atoms with Gasteiger partial charge in [-0.05, 0) is 36.5 Å². The smallest absolute Gasteiger partial charge is 0.224 e. The molecule has 0 unspecified atom stereocenters. The molecular weight excluding hydrogens is 190 g/mol. The molecule has 3 heteroatoms. The Hall–Kier alpha value is -1.35. The number of rotatable bonds is 3. The molecule has 0 saturated heterocycles. The van der Waals surface area contributed by atoms with Gasteiger partial charge >= 0.3 is 0 Å². The Bertz CT molecular complexity index is 374. The molecule has 0 bridgehead atoms. The summed E-state index contributed by atoms with van der Waals surface area (Å²) in [6.45, 7) is -0.0200. The average Bonchev–Trinajstić information content (AvgIpc) is 2.26. The predicted molar refractivity (Wildman–Crippen MR) is 57.3 cm³/mol. The highest BCUT2D eigenvalue weighted by atomic mass is 16.2. The number of carbonyl (C=O) groups excluding carboxylic acids is 1. The number of carbonyl (C=O) groups is 1. The first-order valence-electron chi connectivity index (χ1n) is 5.29. The highest BCUT2D eigenvalue weighted by Gasteiger charge is 2.14. The molecule has 79 valence electrons. The molecule has 0 spiro atoms. The second-order valence-corrected chi connectivity index (χ2v) is 3.85. The van der Waals surface area contributed by atoms with Crippen molar-refractivity contribution < 1.29 is 9.90 Å². The lowest BCUT2D eigenvalue weighted by molar-refractivity contribution is -0.116. The minimum absolute atomic E-state index is 0.0200. The molecule has 0 aliphatic carbocycles. The molecule has 1 amide bonds. The maximum atomic E-state index is 11.1. The van der Waals surface area contributed by atoms with Crippen LogP contribution in [-0.4, -0.2) is 12.5 Å². The maximum absolute atomic E-state index is 11.1. The van der Waals surface area contributed by atoms with Gasteiger partial charge in [0.15, 0.2) is 0 Å². The van der Waals surface area contributed by atoms with Crippen molar-refractivity contribution >= 4 is 11.6 Å². The summed E-state index contributed by atoms with van der Waals surface area (Å²) in [6.07, 6.45) is 2.90. The van der Waals surface area contributed by atoms with E-state index in [-0.39, 0.29) is 12.5 Å². The number of benzene rings is 1. The zero-order valence-electron chi connectivity index (χ0n) is 8.58. The Morgan fingerprint density at radius 1 is 1.27 bits per heavy atom. The van der Waals surface area contributed by atoms with Gasteiger partial charge in [-0.1, -0.05) is 12.1 Å². The van der Waals surface area contributed by atoms with E-state index in [4.69, 9.17) is 0 Å². The minimum Gasteiger partial charge on any atom is -0.326 e. The summed E-state index contributed by atoms with van der Waals surface area (Å²) in [5.41, 5.74) is 3.32. The van der Waals surface area contributed by atoms with Gasteiger partial charge in [-0.25, -0.2) is 5.11 Å². The van der Waals surface area contributed by atoms with Crippen LogP contribution in [0, 0.1) is 0 Å². The number of nitrogens with one attached hydrogen (secondary N) is 1. The third kappa shape index (κ3) is 2.36. The van der Waals surface area contributed by atoms with Crippen molar-refractivity contribution in [2.45, 2.75) is 25.7 Å².